The van der Waals surface area contributed by atoms with E-state index >= 15 is 0 Å². The molecular formula is C22H14F3N. The predicted octanol–water partition coefficient (Wildman–Crippen LogP) is 6.58. The number of alkyl halides is 3. The van der Waals surface area contributed by atoms with Gasteiger partial charge in [0.15, 0.2) is 0 Å². The van der Waals surface area contributed by atoms with Gasteiger partial charge in [0.1, 0.15) is 0 Å². The Kier molecular flexibility index (Phi) is 3.96. The zero-order valence-corrected chi connectivity index (χ0v) is 13.7. The van der Waals surface area contributed by atoms with Crippen LogP contribution in [0.1, 0.15) is 16.7 Å². The minimum atomic E-state index is -4.34. The molecule has 4 rings (SSSR count). The van der Waals surface area contributed by atoms with Gasteiger partial charge < -0.3 is 0 Å². The molecule has 1 aromatic heterocycles. The lowest BCUT2D eigenvalue weighted by Crippen LogP contribution is -2.04. The molecule has 0 saturated heterocycles. The quantitative estimate of drug-likeness (QED) is 0.294. The van der Waals surface area contributed by atoms with Crippen LogP contribution >= 0.6 is 0 Å². The second-order valence-electron chi connectivity index (χ2n) is 6.04. The first-order valence-electron chi connectivity index (χ1n) is 8.14. The normalized spacial score (nSPS) is 12.3. The van der Waals surface area contributed by atoms with Gasteiger partial charge in [0.2, 0.25) is 0 Å². The topological polar surface area (TPSA) is 12.9 Å². The summed E-state index contributed by atoms with van der Waals surface area (Å²) in [6.07, 6.45) is 0.941. The van der Waals surface area contributed by atoms with Crippen LogP contribution in [0.15, 0.2) is 72.9 Å². The van der Waals surface area contributed by atoms with E-state index in [9.17, 15) is 13.2 Å². The van der Waals surface area contributed by atoms with E-state index in [1.54, 1.807) is 18.3 Å². The summed E-state index contributed by atoms with van der Waals surface area (Å²) in [5, 5.41) is 3.07. The van der Waals surface area contributed by atoms with E-state index in [-0.39, 0.29) is 0 Å². The monoisotopic (exact) mass is 349 g/mol. The first-order chi connectivity index (χ1) is 12.5. The summed E-state index contributed by atoms with van der Waals surface area (Å²) in [5.74, 6) is 0. The molecule has 1 heterocycles. The van der Waals surface area contributed by atoms with Gasteiger partial charge in [-0.05, 0) is 34.7 Å². The molecule has 0 unspecified atom stereocenters. The minimum absolute atomic E-state index is 0.505. The zero-order valence-electron chi connectivity index (χ0n) is 13.7. The summed E-state index contributed by atoms with van der Waals surface area (Å²) >= 11 is 0. The Morgan fingerprint density at radius 2 is 1.54 bits per heavy atom. The summed E-state index contributed by atoms with van der Waals surface area (Å²) in [5.41, 5.74) is 1.66. The first-order valence-corrected chi connectivity index (χ1v) is 8.14. The van der Waals surface area contributed by atoms with Crippen molar-refractivity contribution in [1.82, 2.24) is 4.98 Å². The summed E-state index contributed by atoms with van der Waals surface area (Å²) in [6, 6.07) is 19.1. The number of halogens is 3. The van der Waals surface area contributed by atoms with Crippen molar-refractivity contribution in [2.45, 2.75) is 6.18 Å². The third-order valence-corrected chi connectivity index (χ3v) is 4.32. The van der Waals surface area contributed by atoms with E-state index in [1.165, 1.54) is 6.07 Å². The van der Waals surface area contributed by atoms with Crippen molar-refractivity contribution >= 4 is 33.8 Å². The first kappa shape index (κ1) is 16.3. The lowest BCUT2D eigenvalue weighted by molar-refractivity contribution is -0.137. The Balaban J connectivity index is 1.83. The fourth-order valence-corrected chi connectivity index (χ4v) is 3.09. The number of hydrogen-bond donors (Lipinski definition) is 0. The number of hydrogen-bond acceptors (Lipinski definition) is 1. The molecule has 0 aliphatic carbocycles. The van der Waals surface area contributed by atoms with Crippen LogP contribution in [0.5, 0.6) is 0 Å². The molecule has 0 amide bonds. The number of benzene rings is 3. The maximum atomic E-state index is 12.9. The number of aromatic nitrogens is 1. The third-order valence-electron chi connectivity index (χ3n) is 4.32. The average Bonchev–Trinajstić information content (AvgIpc) is 2.65. The molecule has 0 atom stereocenters. The Morgan fingerprint density at radius 1 is 0.769 bits per heavy atom. The lowest BCUT2D eigenvalue weighted by Gasteiger charge is -2.08. The smallest absolute Gasteiger partial charge is 0.256 e. The van der Waals surface area contributed by atoms with Crippen molar-refractivity contribution < 1.29 is 13.2 Å². The fourth-order valence-electron chi connectivity index (χ4n) is 3.09. The maximum Gasteiger partial charge on any atom is 0.416 e. The second kappa shape index (κ2) is 6.30. The summed E-state index contributed by atoms with van der Waals surface area (Å²) in [6.45, 7) is 0. The third kappa shape index (κ3) is 3.06. The molecule has 0 radical (unpaired) electrons. The van der Waals surface area contributed by atoms with Gasteiger partial charge >= 0.3 is 6.18 Å². The van der Waals surface area contributed by atoms with Gasteiger partial charge in [-0.1, -0.05) is 60.7 Å². The molecule has 1 nitrogen and oxygen atoms in total. The van der Waals surface area contributed by atoms with Gasteiger partial charge in [0.05, 0.1) is 11.1 Å². The number of fused-ring (bicyclic) bond motifs is 3. The Bertz CT molecular complexity index is 1130. The maximum absolute atomic E-state index is 12.9. The van der Waals surface area contributed by atoms with Crippen molar-refractivity contribution in [2.24, 2.45) is 0 Å². The van der Waals surface area contributed by atoms with E-state index in [1.807, 2.05) is 48.5 Å². The number of nitrogens with zero attached hydrogens (tertiary/aromatic N) is 1. The largest absolute Gasteiger partial charge is 0.416 e. The SMILES string of the molecule is FC(F)(F)c1cccc(/C=C/c2cccc3ccc4cccnc4c23)c1. The average molecular weight is 349 g/mol. The van der Waals surface area contributed by atoms with Crippen LogP contribution in [0.25, 0.3) is 33.8 Å². The predicted molar refractivity (Wildman–Crippen MR) is 99.6 cm³/mol. The van der Waals surface area contributed by atoms with Crippen LogP contribution in [0.4, 0.5) is 13.2 Å². The van der Waals surface area contributed by atoms with Crippen molar-refractivity contribution in [2.75, 3.05) is 0 Å². The summed E-state index contributed by atoms with van der Waals surface area (Å²) in [7, 11) is 0. The van der Waals surface area contributed by atoms with Crippen molar-refractivity contribution in [3.63, 3.8) is 0 Å². The van der Waals surface area contributed by atoms with E-state index in [0.29, 0.717) is 5.56 Å². The molecule has 128 valence electrons. The van der Waals surface area contributed by atoms with E-state index in [4.69, 9.17) is 0 Å². The van der Waals surface area contributed by atoms with Crippen LogP contribution in [0.3, 0.4) is 0 Å². The summed E-state index contributed by atoms with van der Waals surface area (Å²) < 4.78 is 38.6. The molecular weight excluding hydrogens is 335 g/mol. The molecule has 0 fully saturated rings. The highest BCUT2D eigenvalue weighted by atomic mass is 19.4. The minimum Gasteiger partial charge on any atom is -0.256 e. The molecule has 0 aliphatic rings. The molecule has 0 aliphatic heterocycles. The van der Waals surface area contributed by atoms with Crippen LogP contribution < -0.4 is 0 Å². The highest BCUT2D eigenvalue weighted by Gasteiger charge is 2.30. The molecule has 4 aromatic rings. The number of pyridine rings is 1. The highest BCUT2D eigenvalue weighted by Crippen LogP contribution is 2.31. The van der Waals surface area contributed by atoms with E-state index in [0.717, 1.165) is 39.4 Å². The van der Waals surface area contributed by atoms with Crippen LogP contribution in [0.2, 0.25) is 0 Å². The van der Waals surface area contributed by atoms with E-state index in [2.05, 4.69) is 4.98 Å². The summed E-state index contributed by atoms with van der Waals surface area (Å²) in [4.78, 5) is 4.49. The van der Waals surface area contributed by atoms with Crippen molar-refractivity contribution in [3.05, 3.63) is 89.6 Å². The van der Waals surface area contributed by atoms with E-state index < -0.39 is 11.7 Å². The molecule has 4 heteroatoms. The molecule has 3 aromatic carbocycles. The van der Waals surface area contributed by atoms with Crippen LogP contribution in [-0.4, -0.2) is 4.98 Å². The highest BCUT2D eigenvalue weighted by molar-refractivity contribution is 6.09. The van der Waals surface area contributed by atoms with Gasteiger partial charge in [0, 0.05) is 17.0 Å². The molecule has 26 heavy (non-hydrogen) atoms. The molecule has 0 spiro atoms. The molecule has 0 saturated carbocycles. The Labute approximate surface area is 148 Å². The van der Waals surface area contributed by atoms with Gasteiger partial charge in [-0.15, -0.1) is 0 Å². The molecule has 0 N–H and O–H groups in total. The van der Waals surface area contributed by atoms with Crippen LogP contribution in [0, 0.1) is 0 Å². The van der Waals surface area contributed by atoms with Crippen LogP contribution in [-0.2, 0) is 6.18 Å². The number of rotatable bonds is 2. The Morgan fingerprint density at radius 3 is 2.38 bits per heavy atom. The molecule has 0 bridgehead atoms. The second-order valence-corrected chi connectivity index (χ2v) is 6.04. The van der Waals surface area contributed by atoms with Crippen molar-refractivity contribution in [3.8, 4) is 0 Å². The standard InChI is InChI=1S/C22H14F3N/c23-22(24,25)19-8-1-4-15(14-19)9-10-16-5-2-6-17-11-12-18-7-3-13-26-21(18)20(16)17/h1-14H/b10-9+. The fraction of sp³-hybridized carbons (Fsp3) is 0.0455. The van der Waals surface area contributed by atoms with Gasteiger partial charge in [0.25, 0.3) is 0 Å². The van der Waals surface area contributed by atoms with Gasteiger partial charge in [-0.3, -0.25) is 4.98 Å². The zero-order chi connectivity index (χ0) is 18.1. The van der Waals surface area contributed by atoms with Gasteiger partial charge in [-0.2, -0.15) is 13.2 Å². The van der Waals surface area contributed by atoms with Crippen molar-refractivity contribution in [1.29, 1.82) is 0 Å². The van der Waals surface area contributed by atoms with Gasteiger partial charge in [-0.25, -0.2) is 0 Å². The Hall–Kier alpha value is -3.14. The lowest BCUT2D eigenvalue weighted by atomic mass is 10.00.